The second-order valence-electron chi connectivity index (χ2n) is 7.89. The number of hydrogen-bond acceptors (Lipinski definition) is 5. The largest absolute Gasteiger partial charge is 0.443 e. The lowest BCUT2D eigenvalue weighted by Gasteiger charge is -2.22. The molecule has 2 heterocycles. The first kappa shape index (κ1) is 23.7. The molecule has 3 rings (SSSR count). The molecule has 0 aliphatic carbocycles. The minimum atomic E-state index is -4.99. The van der Waals surface area contributed by atoms with Gasteiger partial charge in [-0.2, -0.15) is 17.9 Å². The van der Waals surface area contributed by atoms with E-state index in [0.29, 0.717) is 0 Å². The van der Waals surface area contributed by atoms with E-state index in [9.17, 15) is 30.8 Å². The number of nitrogens with one attached hydrogen (secondary N) is 1. The van der Waals surface area contributed by atoms with Gasteiger partial charge in [-0.05, 0) is 50.6 Å². The lowest BCUT2D eigenvalue weighted by atomic mass is 10.1. The number of halogens is 4. The molecule has 0 saturated carbocycles. The molecule has 0 spiro atoms. The Morgan fingerprint density at radius 1 is 1.12 bits per heavy atom. The van der Waals surface area contributed by atoms with E-state index in [2.05, 4.69) is 4.98 Å². The Hall–Kier alpha value is -2.99. The Kier molecular flexibility index (Phi) is 6.04. The molecule has 0 saturated heterocycles. The quantitative estimate of drug-likeness (QED) is 0.562. The Balaban J connectivity index is 1.94. The standard InChI is InChI=1S/C20H19F4N3O4S/c1-19(2,3)31-18(28)27-9-8-13-10-16(25-11-15(13)27)32(29,30)26-17(20(22,23)24)12-4-6-14(21)7-5-12/h4-11,17,26H,1-3H3/t17-/m1/s1. The molecule has 172 valence electrons. The average Bonchev–Trinajstić information content (AvgIpc) is 3.08. The van der Waals surface area contributed by atoms with E-state index in [1.807, 2.05) is 0 Å². The van der Waals surface area contributed by atoms with E-state index in [-0.39, 0.29) is 10.9 Å². The highest BCUT2D eigenvalue weighted by molar-refractivity contribution is 7.89. The molecule has 1 atom stereocenters. The van der Waals surface area contributed by atoms with Gasteiger partial charge in [-0.25, -0.2) is 22.6 Å². The Bertz CT molecular complexity index is 1250. The number of benzene rings is 1. The van der Waals surface area contributed by atoms with Gasteiger partial charge in [-0.3, -0.25) is 4.57 Å². The van der Waals surface area contributed by atoms with Gasteiger partial charge in [0.2, 0.25) is 0 Å². The van der Waals surface area contributed by atoms with Crippen LogP contribution in [0.4, 0.5) is 22.4 Å². The van der Waals surface area contributed by atoms with E-state index in [4.69, 9.17) is 4.74 Å². The van der Waals surface area contributed by atoms with Gasteiger partial charge in [0.05, 0.1) is 11.7 Å². The molecular formula is C20H19F4N3O4S. The van der Waals surface area contributed by atoms with Crippen molar-refractivity contribution in [3.63, 3.8) is 0 Å². The maximum Gasteiger partial charge on any atom is 0.419 e. The summed E-state index contributed by atoms with van der Waals surface area (Å²) < 4.78 is 86.9. The number of alkyl halides is 3. The number of ether oxygens (including phenoxy) is 1. The van der Waals surface area contributed by atoms with Crippen LogP contribution in [0.5, 0.6) is 0 Å². The third-order valence-electron chi connectivity index (χ3n) is 4.22. The molecule has 0 amide bonds. The van der Waals surface area contributed by atoms with Crippen LogP contribution < -0.4 is 4.72 Å². The number of pyridine rings is 1. The van der Waals surface area contributed by atoms with Crippen molar-refractivity contribution in [1.82, 2.24) is 14.3 Å². The molecule has 1 aromatic carbocycles. The van der Waals surface area contributed by atoms with Crippen molar-refractivity contribution < 1.29 is 35.5 Å². The van der Waals surface area contributed by atoms with Gasteiger partial charge < -0.3 is 4.74 Å². The molecule has 0 aliphatic heterocycles. The highest BCUT2D eigenvalue weighted by atomic mass is 32.2. The van der Waals surface area contributed by atoms with Crippen molar-refractivity contribution in [1.29, 1.82) is 0 Å². The summed E-state index contributed by atoms with van der Waals surface area (Å²) in [6, 6.07) is 3.11. The number of hydrogen-bond donors (Lipinski definition) is 1. The first-order valence-electron chi connectivity index (χ1n) is 9.22. The number of fused-ring (bicyclic) bond motifs is 1. The van der Waals surface area contributed by atoms with Gasteiger partial charge in [-0.1, -0.05) is 12.1 Å². The van der Waals surface area contributed by atoms with Crippen molar-refractivity contribution in [2.24, 2.45) is 0 Å². The number of sulfonamides is 1. The lowest BCUT2D eigenvalue weighted by Crippen LogP contribution is -2.38. The minimum absolute atomic E-state index is 0.212. The van der Waals surface area contributed by atoms with E-state index in [1.54, 1.807) is 25.5 Å². The van der Waals surface area contributed by atoms with Crippen LogP contribution in [0.1, 0.15) is 32.4 Å². The van der Waals surface area contributed by atoms with E-state index >= 15 is 0 Å². The molecular weight excluding hydrogens is 454 g/mol. The maximum atomic E-state index is 13.5. The predicted octanol–water partition coefficient (Wildman–Crippen LogP) is 4.54. The van der Waals surface area contributed by atoms with Crippen molar-refractivity contribution in [2.75, 3.05) is 0 Å². The summed E-state index contributed by atoms with van der Waals surface area (Å²) in [6.45, 7) is 5.01. The first-order valence-corrected chi connectivity index (χ1v) is 10.7. The molecule has 12 heteroatoms. The number of carbonyl (C=O) groups is 1. The molecule has 1 N–H and O–H groups in total. The Morgan fingerprint density at radius 2 is 1.75 bits per heavy atom. The van der Waals surface area contributed by atoms with Crippen LogP contribution in [0.25, 0.3) is 10.9 Å². The monoisotopic (exact) mass is 473 g/mol. The number of carbonyl (C=O) groups excluding carboxylic acids is 1. The summed E-state index contributed by atoms with van der Waals surface area (Å²) in [5.74, 6) is -0.765. The number of rotatable bonds is 4. The van der Waals surface area contributed by atoms with Gasteiger partial charge in [0.1, 0.15) is 17.5 Å². The summed E-state index contributed by atoms with van der Waals surface area (Å²) in [7, 11) is -4.73. The van der Waals surface area contributed by atoms with E-state index in [0.717, 1.165) is 41.1 Å². The van der Waals surface area contributed by atoms with E-state index < -0.39 is 50.3 Å². The summed E-state index contributed by atoms with van der Waals surface area (Å²) >= 11 is 0. The maximum absolute atomic E-state index is 13.5. The highest BCUT2D eigenvalue weighted by Crippen LogP contribution is 2.34. The minimum Gasteiger partial charge on any atom is -0.443 e. The van der Waals surface area contributed by atoms with Crippen LogP contribution in [-0.4, -0.2) is 35.8 Å². The SMILES string of the molecule is CC(C)(C)OC(=O)n1ccc2cc(S(=O)(=O)N[C@H](c3ccc(F)cc3)C(F)(F)F)ncc21. The fraction of sp³-hybridized carbons (Fsp3) is 0.300. The van der Waals surface area contributed by atoms with Crippen molar-refractivity contribution >= 4 is 27.0 Å². The Morgan fingerprint density at radius 3 is 2.31 bits per heavy atom. The zero-order valence-electron chi connectivity index (χ0n) is 17.1. The zero-order valence-corrected chi connectivity index (χ0v) is 18.0. The second-order valence-corrected chi connectivity index (χ2v) is 9.56. The first-order chi connectivity index (χ1) is 14.7. The second kappa shape index (κ2) is 8.17. The van der Waals surface area contributed by atoms with Crippen LogP contribution in [0.15, 0.2) is 53.8 Å². The average molecular weight is 473 g/mol. The molecule has 32 heavy (non-hydrogen) atoms. The van der Waals surface area contributed by atoms with Crippen LogP contribution in [0.3, 0.4) is 0 Å². The van der Waals surface area contributed by atoms with E-state index in [1.165, 1.54) is 12.3 Å². The molecule has 0 unspecified atom stereocenters. The zero-order chi connectivity index (χ0) is 23.9. The van der Waals surface area contributed by atoms with Crippen LogP contribution >= 0.6 is 0 Å². The van der Waals surface area contributed by atoms with Gasteiger partial charge >= 0.3 is 12.3 Å². The molecule has 2 aromatic heterocycles. The van der Waals surface area contributed by atoms with Crippen molar-refractivity contribution in [3.8, 4) is 0 Å². The molecule has 7 nitrogen and oxygen atoms in total. The summed E-state index contributed by atoms with van der Waals surface area (Å²) in [4.78, 5) is 16.0. The highest BCUT2D eigenvalue weighted by Gasteiger charge is 2.43. The lowest BCUT2D eigenvalue weighted by molar-refractivity contribution is -0.153. The molecule has 0 bridgehead atoms. The predicted molar refractivity (Wildman–Crippen MR) is 107 cm³/mol. The molecule has 0 fully saturated rings. The van der Waals surface area contributed by atoms with Gasteiger partial charge in [0.25, 0.3) is 10.0 Å². The van der Waals surface area contributed by atoms with Crippen LogP contribution in [0, 0.1) is 5.82 Å². The van der Waals surface area contributed by atoms with Crippen molar-refractivity contribution in [3.05, 3.63) is 60.2 Å². The summed E-state index contributed by atoms with van der Waals surface area (Å²) in [5, 5.41) is -0.431. The van der Waals surface area contributed by atoms with Gasteiger partial charge in [-0.15, -0.1) is 0 Å². The van der Waals surface area contributed by atoms with Crippen LogP contribution in [0.2, 0.25) is 0 Å². The van der Waals surface area contributed by atoms with Gasteiger partial charge in [0.15, 0.2) is 5.03 Å². The fourth-order valence-electron chi connectivity index (χ4n) is 2.83. The molecule has 3 aromatic rings. The normalized spacial score (nSPS) is 13.8. The fourth-order valence-corrected chi connectivity index (χ4v) is 4.00. The van der Waals surface area contributed by atoms with Crippen molar-refractivity contribution in [2.45, 2.75) is 43.6 Å². The smallest absolute Gasteiger partial charge is 0.419 e. The molecule has 0 radical (unpaired) electrons. The third-order valence-corrected chi connectivity index (χ3v) is 5.54. The number of aromatic nitrogens is 2. The van der Waals surface area contributed by atoms with Crippen LogP contribution in [-0.2, 0) is 14.8 Å². The Labute approximate surface area is 181 Å². The summed E-state index contributed by atoms with van der Waals surface area (Å²) in [6.07, 6.45) is -3.33. The topological polar surface area (TPSA) is 90.3 Å². The molecule has 0 aliphatic rings. The van der Waals surface area contributed by atoms with Gasteiger partial charge in [0, 0.05) is 11.6 Å². The third kappa shape index (κ3) is 5.25. The summed E-state index contributed by atoms with van der Waals surface area (Å²) in [5.41, 5.74) is -1.05. The number of nitrogens with zero attached hydrogens (tertiary/aromatic N) is 2.